The molecule has 0 N–H and O–H groups in total. The van der Waals surface area contributed by atoms with Crippen LogP contribution in [0.2, 0.25) is 10.0 Å². The summed E-state index contributed by atoms with van der Waals surface area (Å²) in [6, 6.07) is 5.49. The summed E-state index contributed by atoms with van der Waals surface area (Å²) >= 11 is 19.0. The molecule has 0 saturated carbocycles. The van der Waals surface area contributed by atoms with Gasteiger partial charge < -0.3 is 0 Å². The fourth-order valence-electron chi connectivity index (χ4n) is 0.811. The molecule has 0 aliphatic carbocycles. The molecule has 66 valence electrons. The van der Waals surface area contributed by atoms with E-state index in [0.29, 0.717) is 15.3 Å². The topological polar surface area (TPSA) is 0 Å². The zero-order valence-electron chi connectivity index (χ0n) is 6.19. The van der Waals surface area contributed by atoms with Gasteiger partial charge in [0.25, 0.3) is 0 Å². The Morgan fingerprint density at radius 1 is 1.17 bits per heavy atom. The van der Waals surface area contributed by atoms with Gasteiger partial charge in [0.15, 0.2) is 0 Å². The second-order valence-corrected chi connectivity index (χ2v) is 4.54. The van der Waals surface area contributed by atoms with Crippen LogP contribution in [-0.2, 0) is 5.75 Å². The Balaban J connectivity index is 2.81. The molecule has 0 radical (unpaired) electrons. The SMILES string of the molecule is ClCSCc1c(Cl)cccc1Cl. The van der Waals surface area contributed by atoms with Crippen LogP contribution < -0.4 is 0 Å². The van der Waals surface area contributed by atoms with Gasteiger partial charge in [0.1, 0.15) is 0 Å². The van der Waals surface area contributed by atoms with Crippen LogP contribution in [0.1, 0.15) is 5.56 Å². The van der Waals surface area contributed by atoms with Gasteiger partial charge in [-0.25, -0.2) is 0 Å². The Labute approximate surface area is 91.2 Å². The van der Waals surface area contributed by atoms with E-state index in [9.17, 15) is 0 Å². The van der Waals surface area contributed by atoms with Crippen LogP contribution in [0.5, 0.6) is 0 Å². The highest BCUT2D eigenvalue weighted by Gasteiger charge is 2.03. The Morgan fingerprint density at radius 2 is 1.75 bits per heavy atom. The van der Waals surface area contributed by atoms with Crippen LogP contribution >= 0.6 is 46.6 Å². The van der Waals surface area contributed by atoms with E-state index in [1.54, 1.807) is 11.8 Å². The Morgan fingerprint density at radius 3 is 2.25 bits per heavy atom. The van der Waals surface area contributed by atoms with Crippen molar-refractivity contribution in [3.05, 3.63) is 33.8 Å². The molecule has 0 fully saturated rings. The van der Waals surface area contributed by atoms with Crippen LogP contribution in [0, 0.1) is 0 Å². The summed E-state index contributed by atoms with van der Waals surface area (Å²) in [4.78, 5) is 0. The van der Waals surface area contributed by atoms with Crippen molar-refractivity contribution in [1.29, 1.82) is 0 Å². The molecule has 0 aliphatic heterocycles. The molecule has 0 saturated heterocycles. The van der Waals surface area contributed by atoms with Gasteiger partial charge in [-0.2, -0.15) is 0 Å². The minimum Gasteiger partial charge on any atom is -0.141 e. The van der Waals surface area contributed by atoms with Gasteiger partial charge >= 0.3 is 0 Å². The van der Waals surface area contributed by atoms with Gasteiger partial charge in [0.05, 0.1) is 5.21 Å². The lowest BCUT2D eigenvalue weighted by atomic mass is 10.2. The van der Waals surface area contributed by atoms with E-state index in [1.165, 1.54) is 0 Å². The molecule has 0 heterocycles. The van der Waals surface area contributed by atoms with E-state index >= 15 is 0 Å². The minimum absolute atomic E-state index is 0.557. The number of benzene rings is 1. The predicted octanol–water partition coefficient (Wildman–Crippen LogP) is 4.42. The fraction of sp³-hybridized carbons (Fsp3) is 0.250. The van der Waals surface area contributed by atoms with Crippen molar-refractivity contribution in [2.45, 2.75) is 5.75 Å². The molecule has 0 aliphatic rings. The average Bonchev–Trinajstić information content (AvgIpc) is 2.04. The van der Waals surface area contributed by atoms with Crippen LogP contribution in [-0.4, -0.2) is 5.21 Å². The van der Waals surface area contributed by atoms with Gasteiger partial charge in [-0.3, -0.25) is 0 Å². The third-order valence-electron chi connectivity index (χ3n) is 1.39. The molecule has 0 aromatic heterocycles. The number of alkyl halides is 1. The average molecular weight is 242 g/mol. The number of hydrogen-bond acceptors (Lipinski definition) is 1. The van der Waals surface area contributed by atoms with Gasteiger partial charge in [-0.15, -0.1) is 23.4 Å². The first-order valence-corrected chi connectivity index (χ1v) is 5.77. The predicted molar refractivity (Wildman–Crippen MR) is 58.5 cm³/mol. The molecular weight excluding hydrogens is 235 g/mol. The van der Waals surface area contributed by atoms with Crippen LogP contribution in [0.15, 0.2) is 18.2 Å². The normalized spacial score (nSPS) is 10.2. The zero-order chi connectivity index (χ0) is 8.97. The highest BCUT2D eigenvalue weighted by molar-refractivity contribution is 7.99. The van der Waals surface area contributed by atoms with Crippen molar-refractivity contribution in [2.75, 3.05) is 5.21 Å². The fourth-order valence-corrected chi connectivity index (χ4v) is 2.32. The van der Waals surface area contributed by atoms with Crippen molar-refractivity contribution in [2.24, 2.45) is 0 Å². The lowest BCUT2D eigenvalue weighted by Gasteiger charge is -2.04. The summed E-state index contributed by atoms with van der Waals surface area (Å²) in [6.45, 7) is 0. The highest BCUT2D eigenvalue weighted by atomic mass is 35.5. The van der Waals surface area contributed by atoms with Gasteiger partial charge in [0, 0.05) is 15.8 Å². The highest BCUT2D eigenvalue weighted by Crippen LogP contribution is 2.28. The number of halogens is 3. The minimum atomic E-state index is 0.557. The first-order chi connectivity index (χ1) is 5.75. The maximum absolute atomic E-state index is 5.92. The van der Waals surface area contributed by atoms with Gasteiger partial charge in [-0.1, -0.05) is 29.3 Å². The van der Waals surface area contributed by atoms with Crippen LogP contribution in [0.25, 0.3) is 0 Å². The summed E-state index contributed by atoms with van der Waals surface area (Å²) in [7, 11) is 0. The van der Waals surface area contributed by atoms with Crippen molar-refractivity contribution >= 4 is 46.6 Å². The molecule has 1 aromatic carbocycles. The number of thioether (sulfide) groups is 1. The van der Waals surface area contributed by atoms with E-state index < -0.39 is 0 Å². The van der Waals surface area contributed by atoms with Crippen LogP contribution in [0.4, 0.5) is 0 Å². The second-order valence-electron chi connectivity index (χ2n) is 2.16. The summed E-state index contributed by atoms with van der Waals surface area (Å²) < 4.78 is 0. The van der Waals surface area contributed by atoms with E-state index in [-0.39, 0.29) is 0 Å². The van der Waals surface area contributed by atoms with E-state index in [0.717, 1.165) is 11.3 Å². The largest absolute Gasteiger partial charge is 0.141 e. The quantitative estimate of drug-likeness (QED) is 0.706. The summed E-state index contributed by atoms with van der Waals surface area (Å²) in [5.41, 5.74) is 0.964. The maximum Gasteiger partial charge on any atom is 0.0683 e. The molecule has 12 heavy (non-hydrogen) atoms. The Hall–Kier alpha value is 0.440. The van der Waals surface area contributed by atoms with Gasteiger partial charge in [-0.05, 0) is 17.7 Å². The zero-order valence-corrected chi connectivity index (χ0v) is 9.27. The third kappa shape index (κ3) is 2.74. The summed E-state index contributed by atoms with van der Waals surface area (Å²) in [5.74, 6) is 0.766. The first-order valence-electron chi connectivity index (χ1n) is 3.32. The molecule has 0 bridgehead atoms. The monoisotopic (exact) mass is 240 g/mol. The van der Waals surface area contributed by atoms with Crippen molar-refractivity contribution in [3.8, 4) is 0 Å². The van der Waals surface area contributed by atoms with E-state index in [2.05, 4.69) is 0 Å². The molecule has 0 unspecified atom stereocenters. The molecule has 0 atom stereocenters. The molecule has 0 amide bonds. The molecular formula is C8H7Cl3S. The molecule has 1 rings (SSSR count). The van der Waals surface area contributed by atoms with Crippen LogP contribution in [0.3, 0.4) is 0 Å². The number of hydrogen-bond donors (Lipinski definition) is 0. The van der Waals surface area contributed by atoms with Gasteiger partial charge in [0.2, 0.25) is 0 Å². The summed E-state index contributed by atoms with van der Waals surface area (Å²) in [5, 5.41) is 1.97. The maximum atomic E-state index is 5.92. The Kier molecular flexibility index (Phi) is 4.59. The van der Waals surface area contributed by atoms with E-state index in [1.807, 2.05) is 18.2 Å². The van der Waals surface area contributed by atoms with Crippen molar-refractivity contribution in [1.82, 2.24) is 0 Å². The molecule has 1 aromatic rings. The smallest absolute Gasteiger partial charge is 0.0683 e. The lowest BCUT2D eigenvalue weighted by Crippen LogP contribution is -1.83. The Bertz CT molecular complexity index is 242. The molecule has 0 nitrogen and oxygen atoms in total. The van der Waals surface area contributed by atoms with E-state index in [4.69, 9.17) is 34.8 Å². The standard InChI is InChI=1S/C8H7Cl3S/c9-5-12-4-6-7(10)2-1-3-8(6)11/h1-3H,4-5H2. The lowest BCUT2D eigenvalue weighted by molar-refractivity contribution is 1.42. The number of rotatable bonds is 3. The third-order valence-corrected chi connectivity index (χ3v) is 3.20. The van der Waals surface area contributed by atoms with Crippen molar-refractivity contribution < 1.29 is 0 Å². The van der Waals surface area contributed by atoms with Crippen molar-refractivity contribution in [3.63, 3.8) is 0 Å². The second kappa shape index (κ2) is 5.23. The molecule has 4 heteroatoms. The summed E-state index contributed by atoms with van der Waals surface area (Å²) in [6.07, 6.45) is 0. The first kappa shape index (κ1) is 10.5. The molecule has 0 spiro atoms.